The highest BCUT2D eigenvalue weighted by molar-refractivity contribution is 6.62. The van der Waals surface area contributed by atoms with Gasteiger partial charge in [0.2, 0.25) is 0 Å². The molecule has 0 unspecified atom stereocenters. The summed E-state index contributed by atoms with van der Waals surface area (Å²) in [6, 6.07) is 11.2. The van der Waals surface area contributed by atoms with E-state index < -0.39 is 0 Å². The molecule has 3 saturated heterocycles. The smallest absolute Gasteiger partial charge is 0.399 e. The van der Waals surface area contributed by atoms with Crippen LogP contribution >= 0.6 is 11.6 Å². The predicted molar refractivity (Wildman–Crippen MR) is 250 cm³/mol. The Balaban J connectivity index is 0.000000130. The maximum atomic E-state index is 13.1. The van der Waals surface area contributed by atoms with Crippen molar-refractivity contribution in [3.05, 3.63) is 103 Å². The number of anilines is 6. The standard InChI is InChI=1S/C19H18N8O.C14H13ClN6O.C11H17BN2O2/c1-12-8-13(9-22-25-12)15-2-3-16-18(23-15)27(14-4-7-26(16)11-14)19(28)24-17-10-20-5-6-21-17;15-11-2-1-10-13(18-11)21(9-3-6-20(10)8-9)14(22)19-12-7-16-4-5-17-12;1-8-6-9(7-13-14-8)12-15-10(2,3)11(4,5)16-12/h2-3,5-6,8-10,14H,4,7,11H2,1H3,(H,21,24,28);1-2,4-5,7,9H,3,6,8H2,(H,17,19,22);6-7H,1-5H3/t14-;9-;/m00./s1. The largest absolute Gasteiger partial charge is 0.496 e. The lowest BCUT2D eigenvalue weighted by atomic mass is 9.80. The molecule has 20 nitrogen and oxygen atoms in total. The number of nitrogens with one attached hydrogen (secondary N) is 2. The van der Waals surface area contributed by atoms with Crippen LogP contribution in [0.1, 0.15) is 51.9 Å². The minimum absolute atomic E-state index is 0.0734. The fourth-order valence-corrected chi connectivity index (χ4v) is 8.51. The topological polar surface area (TPSA) is 219 Å². The average molecular weight is 911 g/mol. The van der Waals surface area contributed by atoms with E-state index >= 15 is 0 Å². The zero-order valence-electron chi connectivity index (χ0n) is 37.3. The summed E-state index contributed by atoms with van der Waals surface area (Å²) in [5.74, 6) is 2.08. The molecule has 11 heterocycles. The molecule has 6 aromatic heterocycles. The van der Waals surface area contributed by atoms with Gasteiger partial charge in [0.15, 0.2) is 23.3 Å². The fraction of sp³-hybridized carbons (Fsp3) is 0.364. The molecule has 0 spiro atoms. The van der Waals surface area contributed by atoms with Gasteiger partial charge >= 0.3 is 19.2 Å². The van der Waals surface area contributed by atoms with Crippen LogP contribution in [0.2, 0.25) is 5.15 Å². The number of amides is 4. The van der Waals surface area contributed by atoms with Gasteiger partial charge in [0.1, 0.15) is 5.15 Å². The van der Waals surface area contributed by atoms with Crippen molar-refractivity contribution in [3.8, 4) is 11.3 Å². The Morgan fingerprint density at radius 2 is 1.23 bits per heavy atom. The monoisotopic (exact) mass is 910 g/mol. The summed E-state index contributed by atoms with van der Waals surface area (Å²) >= 11 is 6.01. The Hall–Kier alpha value is -6.97. The zero-order valence-corrected chi connectivity index (χ0v) is 38.1. The lowest BCUT2D eigenvalue weighted by molar-refractivity contribution is 0.00578. The van der Waals surface area contributed by atoms with Crippen LogP contribution in [0.3, 0.4) is 0 Å². The van der Waals surface area contributed by atoms with E-state index in [1.807, 2.05) is 71.9 Å². The van der Waals surface area contributed by atoms with E-state index in [2.05, 4.69) is 65.7 Å². The normalized spacial score (nSPS) is 19.2. The lowest BCUT2D eigenvalue weighted by Crippen LogP contribution is -2.48. The first-order chi connectivity index (χ1) is 31.7. The van der Waals surface area contributed by atoms with Crippen LogP contribution in [0, 0.1) is 13.8 Å². The molecule has 338 valence electrons. The molecule has 0 saturated carbocycles. The molecule has 4 bridgehead atoms. The van der Waals surface area contributed by atoms with Gasteiger partial charge in [-0.15, -0.1) is 0 Å². The van der Waals surface area contributed by atoms with E-state index in [0.717, 1.165) is 78.5 Å². The van der Waals surface area contributed by atoms with Gasteiger partial charge in [-0.05, 0) is 90.8 Å². The van der Waals surface area contributed by atoms with Gasteiger partial charge in [0, 0.05) is 68.2 Å². The SMILES string of the molecule is Cc1cc(-c2ccc3c(n2)N(C(=O)Nc2cnccn2)[C@H]2CCN3C2)cnn1.Cc1cc(B2OC(C)(C)C(C)(C)O2)cnn1.O=C(Nc1cnccn1)N1c2nc(Cl)ccc2N2CC[C@H]1C2. The number of pyridine rings is 2. The fourth-order valence-electron chi connectivity index (χ4n) is 8.36. The number of urea groups is 2. The third-order valence-corrected chi connectivity index (χ3v) is 12.5. The van der Waals surface area contributed by atoms with E-state index in [4.69, 9.17) is 25.9 Å². The molecule has 5 aliphatic heterocycles. The quantitative estimate of drug-likeness (QED) is 0.165. The second-order valence-electron chi connectivity index (χ2n) is 17.4. The summed E-state index contributed by atoms with van der Waals surface area (Å²) < 4.78 is 11.8. The summed E-state index contributed by atoms with van der Waals surface area (Å²) in [6.45, 7) is 15.4. The second-order valence-corrected chi connectivity index (χ2v) is 17.8. The minimum atomic E-state index is -0.348. The van der Waals surface area contributed by atoms with Gasteiger partial charge in [0.05, 0.1) is 70.3 Å². The van der Waals surface area contributed by atoms with Crippen molar-refractivity contribution >= 4 is 70.9 Å². The van der Waals surface area contributed by atoms with Gasteiger partial charge in [-0.25, -0.2) is 29.5 Å². The van der Waals surface area contributed by atoms with Crippen LogP contribution in [-0.2, 0) is 9.31 Å². The van der Waals surface area contributed by atoms with Crippen molar-refractivity contribution in [1.82, 2.24) is 50.3 Å². The van der Waals surface area contributed by atoms with Gasteiger partial charge in [-0.2, -0.15) is 20.4 Å². The third kappa shape index (κ3) is 9.13. The van der Waals surface area contributed by atoms with Gasteiger partial charge in [0.25, 0.3) is 0 Å². The summed E-state index contributed by atoms with van der Waals surface area (Å²) in [4.78, 5) is 59.0. The second kappa shape index (κ2) is 18.1. The summed E-state index contributed by atoms with van der Waals surface area (Å²) in [6.07, 6.45) is 14.4. The first-order valence-corrected chi connectivity index (χ1v) is 22.0. The third-order valence-electron chi connectivity index (χ3n) is 12.3. The molecular weight excluding hydrogens is 863 g/mol. The Morgan fingerprint density at radius 1 is 0.697 bits per heavy atom. The maximum absolute atomic E-state index is 13.1. The van der Waals surface area contributed by atoms with Crippen molar-refractivity contribution in [2.75, 3.05) is 56.4 Å². The number of carbonyl (C=O) groups is 2. The van der Waals surface area contributed by atoms with E-state index in [1.165, 1.54) is 18.6 Å². The molecule has 0 radical (unpaired) electrons. The molecule has 2 atom stereocenters. The highest BCUT2D eigenvalue weighted by Gasteiger charge is 2.52. The van der Waals surface area contributed by atoms with Crippen LogP contribution in [0.25, 0.3) is 11.3 Å². The van der Waals surface area contributed by atoms with Crippen LogP contribution < -0.4 is 35.7 Å². The van der Waals surface area contributed by atoms with Gasteiger partial charge in [-0.3, -0.25) is 30.4 Å². The Labute approximate surface area is 386 Å². The highest BCUT2D eigenvalue weighted by atomic mass is 35.5. The van der Waals surface area contributed by atoms with Crippen molar-refractivity contribution in [1.29, 1.82) is 0 Å². The first-order valence-electron chi connectivity index (χ1n) is 21.6. The van der Waals surface area contributed by atoms with Crippen LogP contribution in [-0.4, -0.2) is 119 Å². The highest BCUT2D eigenvalue weighted by Crippen LogP contribution is 2.42. The predicted octanol–water partition coefficient (Wildman–Crippen LogP) is 5.51. The summed E-state index contributed by atoms with van der Waals surface area (Å²) in [5.41, 5.74) is 5.52. The molecular formula is C44H48BClN16O4. The Kier molecular flexibility index (Phi) is 12.2. The van der Waals surface area contributed by atoms with Crippen molar-refractivity contribution in [2.24, 2.45) is 0 Å². The van der Waals surface area contributed by atoms with E-state index in [1.54, 1.807) is 46.9 Å². The van der Waals surface area contributed by atoms with Crippen molar-refractivity contribution in [2.45, 2.75) is 77.7 Å². The molecule has 22 heteroatoms. The summed E-state index contributed by atoms with van der Waals surface area (Å²) in [7, 11) is -0.348. The number of carbonyl (C=O) groups excluding carboxylic acids is 2. The molecule has 4 amide bonds. The van der Waals surface area contributed by atoms with Crippen LogP contribution in [0.15, 0.2) is 86.0 Å². The number of nitrogens with zero attached hydrogens (tertiary/aromatic N) is 14. The summed E-state index contributed by atoms with van der Waals surface area (Å²) in [5, 5.41) is 21.8. The minimum Gasteiger partial charge on any atom is -0.399 e. The lowest BCUT2D eigenvalue weighted by Gasteiger charge is -2.35. The Morgan fingerprint density at radius 3 is 1.76 bits per heavy atom. The van der Waals surface area contributed by atoms with Gasteiger partial charge < -0.3 is 19.1 Å². The van der Waals surface area contributed by atoms with Crippen LogP contribution in [0.4, 0.5) is 44.2 Å². The molecule has 6 aromatic rings. The van der Waals surface area contributed by atoms with Crippen LogP contribution in [0.5, 0.6) is 0 Å². The van der Waals surface area contributed by atoms with Crippen molar-refractivity contribution < 1.29 is 18.9 Å². The number of aryl methyl sites for hydroxylation is 2. The number of hydrogen-bond donors (Lipinski definition) is 2. The zero-order chi connectivity index (χ0) is 46.2. The molecule has 5 aliphatic rings. The molecule has 66 heavy (non-hydrogen) atoms. The first kappa shape index (κ1) is 44.2. The molecule has 3 fully saturated rings. The van der Waals surface area contributed by atoms with Gasteiger partial charge in [-0.1, -0.05) is 11.6 Å². The van der Waals surface area contributed by atoms with E-state index in [9.17, 15) is 9.59 Å². The number of halogens is 1. The molecule has 0 aliphatic carbocycles. The molecule has 2 N–H and O–H groups in total. The van der Waals surface area contributed by atoms with E-state index in [0.29, 0.717) is 28.4 Å². The molecule has 11 rings (SSSR count). The number of rotatable bonds is 4. The number of fused-ring (bicyclic) bond motifs is 8. The van der Waals surface area contributed by atoms with Crippen molar-refractivity contribution in [3.63, 3.8) is 0 Å². The Bertz CT molecular complexity index is 2730. The maximum Gasteiger partial charge on any atom is 0.496 e. The number of aromatic nitrogens is 10. The average Bonchev–Trinajstić information content (AvgIpc) is 3.98. The van der Waals surface area contributed by atoms with E-state index in [-0.39, 0.29) is 42.5 Å². The number of hydrogen-bond acceptors (Lipinski definition) is 16. The molecule has 0 aromatic carbocycles.